The summed E-state index contributed by atoms with van der Waals surface area (Å²) >= 11 is 0. The van der Waals surface area contributed by atoms with Crippen LogP contribution < -0.4 is 5.63 Å². The van der Waals surface area contributed by atoms with Crippen LogP contribution in [-0.4, -0.2) is 5.78 Å². The molecule has 4 heteroatoms. The molecule has 0 N–H and O–H groups in total. The summed E-state index contributed by atoms with van der Waals surface area (Å²) in [6.45, 7) is 5.08. The van der Waals surface area contributed by atoms with Crippen LogP contribution in [0.15, 0.2) is 31.8 Å². The lowest BCUT2D eigenvalue weighted by atomic mass is 10.0. The van der Waals surface area contributed by atoms with Gasteiger partial charge in [0.15, 0.2) is 11.4 Å². The summed E-state index contributed by atoms with van der Waals surface area (Å²) in [4.78, 5) is 23.4. The van der Waals surface area contributed by atoms with Crippen molar-refractivity contribution >= 4 is 27.7 Å². The maximum atomic E-state index is 11.9. The Labute approximate surface area is 108 Å². The molecular weight excluding hydrogens is 244 g/mol. The van der Waals surface area contributed by atoms with E-state index in [-0.39, 0.29) is 5.78 Å². The molecule has 19 heavy (non-hydrogen) atoms. The molecule has 0 saturated heterocycles. The zero-order valence-corrected chi connectivity index (χ0v) is 10.9. The van der Waals surface area contributed by atoms with Gasteiger partial charge in [-0.3, -0.25) is 4.79 Å². The van der Waals surface area contributed by atoms with E-state index >= 15 is 0 Å². The van der Waals surface area contributed by atoms with Gasteiger partial charge in [0.05, 0.1) is 0 Å². The molecule has 3 rings (SSSR count). The van der Waals surface area contributed by atoms with E-state index < -0.39 is 5.63 Å². The molecule has 0 fully saturated rings. The maximum Gasteiger partial charge on any atom is 0.336 e. The van der Waals surface area contributed by atoms with Crippen molar-refractivity contribution in [2.45, 2.75) is 20.8 Å². The minimum absolute atomic E-state index is 0.182. The lowest BCUT2D eigenvalue weighted by Gasteiger charge is -2.05. The summed E-state index contributed by atoms with van der Waals surface area (Å²) in [5, 5.41) is 1.60. The molecule has 0 aliphatic carbocycles. The first kappa shape index (κ1) is 11.7. The first-order valence-corrected chi connectivity index (χ1v) is 5.96. The van der Waals surface area contributed by atoms with Crippen LogP contribution in [0, 0.1) is 13.8 Å². The summed E-state index contributed by atoms with van der Waals surface area (Å²) in [5.74, 6) is 0.534. The summed E-state index contributed by atoms with van der Waals surface area (Å²) in [7, 11) is 0. The van der Waals surface area contributed by atoms with Crippen LogP contribution in [0.5, 0.6) is 0 Å². The van der Waals surface area contributed by atoms with Crippen LogP contribution in [0.3, 0.4) is 0 Å². The van der Waals surface area contributed by atoms with E-state index in [1.165, 1.54) is 13.0 Å². The van der Waals surface area contributed by atoms with Gasteiger partial charge in [-0.25, -0.2) is 4.79 Å². The monoisotopic (exact) mass is 256 g/mol. The maximum absolute atomic E-state index is 11.9. The minimum atomic E-state index is -0.463. The van der Waals surface area contributed by atoms with Gasteiger partial charge in [-0.1, -0.05) is 0 Å². The minimum Gasteiger partial charge on any atom is -0.460 e. The van der Waals surface area contributed by atoms with Gasteiger partial charge in [-0.15, -0.1) is 0 Å². The number of benzene rings is 1. The summed E-state index contributed by atoms with van der Waals surface area (Å²) in [6.07, 6.45) is 0. The number of fused-ring (bicyclic) bond motifs is 2. The Hall–Kier alpha value is -2.36. The molecule has 0 unspecified atom stereocenters. The van der Waals surface area contributed by atoms with E-state index in [0.717, 1.165) is 16.3 Å². The SMILES string of the molecule is CC(=O)c1c2oc(C)cc2cc2c(C)cc(=O)oc12. The van der Waals surface area contributed by atoms with Gasteiger partial charge in [-0.05, 0) is 38.5 Å². The molecule has 0 radical (unpaired) electrons. The van der Waals surface area contributed by atoms with Gasteiger partial charge in [-0.2, -0.15) is 0 Å². The number of Topliss-reactive ketones (excluding diaryl/α,β-unsaturated/α-hetero) is 1. The van der Waals surface area contributed by atoms with Crippen molar-refractivity contribution in [1.29, 1.82) is 0 Å². The Kier molecular flexibility index (Phi) is 2.35. The molecule has 0 aliphatic rings. The molecule has 0 saturated carbocycles. The first-order chi connectivity index (χ1) is 8.97. The summed E-state index contributed by atoms with van der Waals surface area (Å²) < 4.78 is 10.8. The Morgan fingerprint density at radius 1 is 1.05 bits per heavy atom. The van der Waals surface area contributed by atoms with Crippen molar-refractivity contribution in [3.8, 4) is 0 Å². The Morgan fingerprint density at radius 3 is 2.47 bits per heavy atom. The second-order valence-electron chi connectivity index (χ2n) is 4.71. The van der Waals surface area contributed by atoms with Gasteiger partial charge in [0, 0.05) is 16.8 Å². The topological polar surface area (TPSA) is 60.4 Å². The average molecular weight is 256 g/mol. The van der Waals surface area contributed by atoms with Crippen molar-refractivity contribution in [2.75, 3.05) is 0 Å². The van der Waals surface area contributed by atoms with Gasteiger partial charge < -0.3 is 8.83 Å². The fourth-order valence-corrected chi connectivity index (χ4v) is 2.40. The van der Waals surface area contributed by atoms with E-state index in [0.29, 0.717) is 22.5 Å². The van der Waals surface area contributed by atoms with Crippen molar-refractivity contribution < 1.29 is 13.6 Å². The molecule has 0 aliphatic heterocycles. The van der Waals surface area contributed by atoms with Crippen molar-refractivity contribution in [1.82, 2.24) is 0 Å². The molecule has 0 amide bonds. The third-order valence-electron chi connectivity index (χ3n) is 3.20. The summed E-state index contributed by atoms with van der Waals surface area (Å²) in [5.41, 5.74) is 1.44. The highest BCUT2D eigenvalue weighted by Crippen LogP contribution is 2.31. The van der Waals surface area contributed by atoms with Crippen LogP contribution in [0.1, 0.15) is 28.6 Å². The molecular formula is C15H12O4. The number of rotatable bonds is 1. The van der Waals surface area contributed by atoms with E-state index in [9.17, 15) is 9.59 Å². The van der Waals surface area contributed by atoms with Gasteiger partial charge in [0.25, 0.3) is 0 Å². The fourth-order valence-electron chi connectivity index (χ4n) is 2.40. The van der Waals surface area contributed by atoms with Crippen LogP contribution in [0.2, 0.25) is 0 Å². The predicted octanol–water partition coefficient (Wildman–Crippen LogP) is 3.36. The average Bonchev–Trinajstić information content (AvgIpc) is 2.65. The molecule has 2 aromatic heterocycles. The number of carbonyl (C=O) groups excluding carboxylic acids is 1. The Balaban J connectivity index is 2.66. The van der Waals surface area contributed by atoms with Crippen LogP contribution >= 0.6 is 0 Å². The first-order valence-electron chi connectivity index (χ1n) is 5.96. The largest absolute Gasteiger partial charge is 0.460 e. The van der Waals surface area contributed by atoms with E-state index in [2.05, 4.69) is 0 Å². The number of carbonyl (C=O) groups is 1. The molecule has 0 bridgehead atoms. The van der Waals surface area contributed by atoms with Gasteiger partial charge >= 0.3 is 5.63 Å². The Bertz CT molecular complexity index is 880. The smallest absolute Gasteiger partial charge is 0.336 e. The zero-order valence-electron chi connectivity index (χ0n) is 10.9. The molecule has 1 aromatic carbocycles. The van der Waals surface area contributed by atoms with Gasteiger partial charge in [0.1, 0.15) is 16.9 Å². The third-order valence-corrected chi connectivity index (χ3v) is 3.20. The lowest BCUT2D eigenvalue weighted by Crippen LogP contribution is -2.02. The van der Waals surface area contributed by atoms with E-state index in [1.807, 2.05) is 26.0 Å². The number of aryl methyl sites for hydroxylation is 2. The lowest BCUT2D eigenvalue weighted by molar-refractivity contribution is 0.101. The standard InChI is InChI=1S/C15H12O4/c1-7-4-12(17)19-15-11(7)6-10-5-8(2)18-14(10)13(15)9(3)16/h4-6H,1-3H3. The second kappa shape index (κ2) is 3.82. The van der Waals surface area contributed by atoms with Crippen molar-refractivity contribution in [3.05, 3.63) is 45.5 Å². The normalized spacial score (nSPS) is 11.3. The molecule has 96 valence electrons. The quantitative estimate of drug-likeness (QED) is 0.494. The Morgan fingerprint density at radius 2 is 1.79 bits per heavy atom. The fraction of sp³-hybridized carbons (Fsp3) is 0.200. The second-order valence-corrected chi connectivity index (χ2v) is 4.71. The molecule has 0 spiro atoms. The number of ketones is 1. The van der Waals surface area contributed by atoms with Crippen molar-refractivity contribution in [2.24, 2.45) is 0 Å². The molecule has 0 atom stereocenters. The van der Waals surface area contributed by atoms with Crippen LogP contribution in [0.25, 0.3) is 21.9 Å². The summed E-state index contributed by atoms with van der Waals surface area (Å²) in [6, 6.07) is 5.17. The number of hydrogen-bond acceptors (Lipinski definition) is 4. The van der Waals surface area contributed by atoms with Gasteiger partial charge in [0.2, 0.25) is 0 Å². The van der Waals surface area contributed by atoms with Crippen LogP contribution in [0.4, 0.5) is 0 Å². The number of furan rings is 1. The molecule has 4 nitrogen and oxygen atoms in total. The number of hydrogen-bond donors (Lipinski definition) is 0. The highest BCUT2D eigenvalue weighted by atomic mass is 16.4. The highest BCUT2D eigenvalue weighted by Gasteiger charge is 2.18. The predicted molar refractivity (Wildman–Crippen MR) is 71.7 cm³/mol. The van der Waals surface area contributed by atoms with E-state index in [4.69, 9.17) is 8.83 Å². The zero-order chi connectivity index (χ0) is 13.7. The molecule has 3 aromatic rings. The third kappa shape index (κ3) is 1.68. The van der Waals surface area contributed by atoms with E-state index in [1.54, 1.807) is 0 Å². The van der Waals surface area contributed by atoms with Crippen molar-refractivity contribution in [3.63, 3.8) is 0 Å². The highest BCUT2D eigenvalue weighted by molar-refractivity contribution is 6.15. The van der Waals surface area contributed by atoms with Crippen LogP contribution in [-0.2, 0) is 0 Å². The molecule has 2 heterocycles.